The Labute approximate surface area is 78.7 Å². The van der Waals surface area contributed by atoms with Crippen LogP contribution >= 0.6 is 11.3 Å². The molecule has 0 spiro atoms. The molecule has 0 bridgehead atoms. The Hall–Kier alpha value is -1.49. The van der Waals surface area contributed by atoms with Gasteiger partial charge in [0.25, 0.3) is 0 Å². The first kappa shape index (κ1) is 8.12. The molecule has 0 aliphatic heterocycles. The maximum atomic E-state index is 11.5. The normalized spacial score (nSPS) is 10.2. The Morgan fingerprint density at radius 3 is 3.08 bits per heavy atom. The third kappa shape index (κ3) is 1.81. The van der Waals surface area contributed by atoms with Crippen molar-refractivity contribution in [2.45, 2.75) is 6.42 Å². The van der Waals surface area contributed by atoms with Crippen LogP contribution in [0.25, 0.3) is 0 Å². The fourth-order valence-electron chi connectivity index (χ4n) is 0.988. The summed E-state index contributed by atoms with van der Waals surface area (Å²) in [5.41, 5.74) is 2.16. The van der Waals surface area contributed by atoms with Crippen LogP contribution < -0.4 is 0 Å². The van der Waals surface area contributed by atoms with Crippen molar-refractivity contribution in [1.29, 1.82) is 0 Å². The third-order valence-electron chi connectivity index (χ3n) is 1.60. The van der Waals surface area contributed by atoms with Crippen LogP contribution in [0, 0.1) is 0 Å². The summed E-state index contributed by atoms with van der Waals surface area (Å²) in [6.45, 7) is 0. The van der Waals surface area contributed by atoms with Crippen LogP contribution in [-0.4, -0.2) is 20.7 Å². The number of nitrogens with one attached hydrogen (secondary N) is 1. The van der Waals surface area contributed by atoms with Gasteiger partial charge in [-0.2, -0.15) is 0 Å². The van der Waals surface area contributed by atoms with Crippen molar-refractivity contribution in [3.63, 3.8) is 0 Å². The quantitative estimate of drug-likeness (QED) is 0.747. The lowest BCUT2D eigenvalue weighted by Crippen LogP contribution is -2.04. The Kier molecular flexibility index (Phi) is 2.18. The predicted molar refractivity (Wildman–Crippen MR) is 48.7 cm³/mol. The van der Waals surface area contributed by atoms with Gasteiger partial charge in [0.15, 0.2) is 5.78 Å². The second-order valence-corrected chi connectivity index (χ2v) is 3.23. The second-order valence-electron chi connectivity index (χ2n) is 2.51. The minimum atomic E-state index is -0.00352. The molecule has 2 aromatic heterocycles. The van der Waals surface area contributed by atoms with Crippen LogP contribution in [0.3, 0.4) is 0 Å². The van der Waals surface area contributed by atoms with Gasteiger partial charge in [-0.15, -0.1) is 11.3 Å². The summed E-state index contributed by atoms with van der Waals surface area (Å²) < 4.78 is 0. The number of hydrogen-bond donors (Lipinski definition) is 1. The predicted octanol–water partition coefficient (Wildman–Crippen LogP) is 1.29. The molecule has 1 N–H and O–H groups in total. The molecule has 0 atom stereocenters. The zero-order valence-corrected chi connectivity index (χ0v) is 7.54. The van der Waals surface area contributed by atoms with E-state index in [2.05, 4.69) is 15.0 Å². The highest BCUT2D eigenvalue weighted by Crippen LogP contribution is 2.04. The smallest absolute Gasteiger partial charge is 0.189 e. The van der Waals surface area contributed by atoms with Crippen LogP contribution in [0.15, 0.2) is 23.3 Å². The molecule has 0 saturated heterocycles. The summed E-state index contributed by atoms with van der Waals surface area (Å²) in [7, 11) is 0. The highest BCUT2D eigenvalue weighted by Gasteiger charge is 2.09. The number of imidazole rings is 1. The molecular weight excluding hydrogens is 186 g/mol. The number of Topliss-reactive ketones (excluding diaryl/α,β-unsaturated/α-hetero) is 1. The van der Waals surface area contributed by atoms with Crippen molar-refractivity contribution in [3.8, 4) is 0 Å². The van der Waals surface area contributed by atoms with Crippen LogP contribution in [0.4, 0.5) is 0 Å². The first-order chi connectivity index (χ1) is 6.36. The topological polar surface area (TPSA) is 58.6 Å². The number of aromatic nitrogens is 3. The summed E-state index contributed by atoms with van der Waals surface area (Å²) in [6, 6.07) is 0. The van der Waals surface area contributed by atoms with Gasteiger partial charge >= 0.3 is 0 Å². The molecular formula is C8H7N3OS. The maximum Gasteiger partial charge on any atom is 0.189 e. The van der Waals surface area contributed by atoms with E-state index in [1.165, 1.54) is 11.3 Å². The molecule has 2 aromatic rings. The van der Waals surface area contributed by atoms with E-state index in [1.54, 1.807) is 23.3 Å². The van der Waals surface area contributed by atoms with Gasteiger partial charge < -0.3 is 4.98 Å². The van der Waals surface area contributed by atoms with E-state index in [4.69, 9.17) is 0 Å². The average molecular weight is 193 g/mol. The van der Waals surface area contributed by atoms with Crippen LogP contribution in [0.1, 0.15) is 16.3 Å². The number of hydrogen-bond acceptors (Lipinski definition) is 4. The lowest BCUT2D eigenvalue weighted by molar-refractivity contribution is 0.0987. The van der Waals surface area contributed by atoms with Gasteiger partial charge in [0, 0.05) is 17.8 Å². The van der Waals surface area contributed by atoms with Crippen LogP contribution in [-0.2, 0) is 6.42 Å². The SMILES string of the molecule is O=C(Cc1ncc[nH]1)c1cscn1. The van der Waals surface area contributed by atoms with Gasteiger partial charge in [-0.1, -0.05) is 0 Å². The van der Waals surface area contributed by atoms with Crippen molar-refractivity contribution in [3.05, 3.63) is 34.8 Å². The van der Waals surface area contributed by atoms with Crippen molar-refractivity contribution in [1.82, 2.24) is 15.0 Å². The van der Waals surface area contributed by atoms with Gasteiger partial charge in [0.1, 0.15) is 11.5 Å². The van der Waals surface area contributed by atoms with Crippen molar-refractivity contribution in [2.24, 2.45) is 0 Å². The number of rotatable bonds is 3. The summed E-state index contributed by atoms with van der Waals surface area (Å²) >= 11 is 1.42. The first-order valence-electron chi connectivity index (χ1n) is 3.76. The maximum absolute atomic E-state index is 11.5. The number of nitrogens with zero attached hydrogens (tertiary/aromatic N) is 2. The van der Waals surface area contributed by atoms with E-state index in [0.29, 0.717) is 11.5 Å². The fourth-order valence-corrected chi connectivity index (χ4v) is 1.54. The Morgan fingerprint density at radius 1 is 1.54 bits per heavy atom. The van der Waals surface area contributed by atoms with Gasteiger partial charge in [0.05, 0.1) is 11.9 Å². The number of carbonyl (C=O) groups excluding carboxylic acids is 1. The summed E-state index contributed by atoms with van der Waals surface area (Å²) in [6.07, 6.45) is 3.62. The standard InChI is InChI=1S/C8H7N3OS/c12-7(6-4-13-5-11-6)3-8-9-1-2-10-8/h1-2,4-5H,3H2,(H,9,10). The van der Waals surface area contributed by atoms with Gasteiger partial charge in [-0.25, -0.2) is 9.97 Å². The lowest BCUT2D eigenvalue weighted by Gasteiger charge is -1.92. The Morgan fingerprint density at radius 2 is 2.46 bits per heavy atom. The molecule has 0 radical (unpaired) electrons. The van der Waals surface area contributed by atoms with Crippen LogP contribution in [0.2, 0.25) is 0 Å². The number of carbonyl (C=O) groups is 1. The molecule has 0 saturated carbocycles. The molecule has 2 rings (SSSR count). The number of aromatic amines is 1. The molecule has 4 nitrogen and oxygen atoms in total. The minimum Gasteiger partial charge on any atom is -0.348 e. The zero-order chi connectivity index (χ0) is 9.10. The molecule has 2 heterocycles. The van der Waals surface area contributed by atoms with E-state index < -0.39 is 0 Å². The average Bonchev–Trinajstić information content (AvgIpc) is 2.74. The lowest BCUT2D eigenvalue weighted by atomic mass is 10.2. The van der Waals surface area contributed by atoms with Crippen molar-refractivity contribution >= 4 is 17.1 Å². The van der Waals surface area contributed by atoms with Crippen molar-refractivity contribution in [2.75, 3.05) is 0 Å². The van der Waals surface area contributed by atoms with E-state index in [1.807, 2.05) is 0 Å². The van der Waals surface area contributed by atoms with Gasteiger partial charge in [-0.05, 0) is 0 Å². The van der Waals surface area contributed by atoms with E-state index in [9.17, 15) is 4.79 Å². The second kappa shape index (κ2) is 3.49. The van der Waals surface area contributed by atoms with Crippen LogP contribution in [0.5, 0.6) is 0 Å². The van der Waals surface area contributed by atoms with E-state index in [-0.39, 0.29) is 12.2 Å². The third-order valence-corrected chi connectivity index (χ3v) is 2.19. The highest BCUT2D eigenvalue weighted by atomic mass is 32.1. The van der Waals surface area contributed by atoms with E-state index in [0.717, 1.165) is 0 Å². The molecule has 0 fully saturated rings. The molecule has 0 aromatic carbocycles. The monoisotopic (exact) mass is 193 g/mol. The molecule has 0 amide bonds. The number of ketones is 1. The largest absolute Gasteiger partial charge is 0.348 e. The number of H-pyrrole nitrogens is 1. The highest BCUT2D eigenvalue weighted by molar-refractivity contribution is 7.07. The molecule has 0 aliphatic rings. The van der Waals surface area contributed by atoms with E-state index >= 15 is 0 Å². The molecule has 0 aliphatic carbocycles. The molecule has 66 valence electrons. The zero-order valence-electron chi connectivity index (χ0n) is 6.73. The summed E-state index contributed by atoms with van der Waals surface area (Å²) in [5.74, 6) is 0.675. The fraction of sp³-hybridized carbons (Fsp3) is 0.125. The molecule has 0 unspecified atom stereocenters. The summed E-state index contributed by atoms with van der Waals surface area (Å²) in [4.78, 5) is 22.2. The molecule has 13 heavy (non-hydrogen) atoms. The number of thiazole rings is 1. The molecule has 5 heteroatoms. The van der Waals surface area contributed by atoms with Gasteiger partial charge in [0.2, 0.25) is 0 Å². The van der Waals surface area contributed by atoms with Gasteiger partial charge in [-0.3, -0.25) is 4.79 Å². The first-order valence-corrected chi connectivity index (χ1v) is 4.70. The Bertz CT molecular complexity index is 379. The Balaban J connectivity index is 2.08. The summed E-state index contributed by atoms with van der Waals surface area (Å²) in [5, 5.41) is 1.74. The minimum absolute atomic E-state index is 0.00352. The van der Waals surface area contributed by atoms with Crippen molar-refractivity contribution < 1.29 is 4.79 Å².